The number of urea groups is 1. The largest absolute Gasteiger partial charge is 0.494 e. The van der Waals surface area contributed by atoms with Crippen LogP contribution in [0.2, 0.25) is 0 Å². The number of ketones is 1. The lowest BCUT2D eigenvalue weighted by molar-refractivity contribution is -0.143. The second kappa shape index (κ2) is 7.67. The number of carbonyl (C=O) groups is 4. The molecule has 1 aromatic heterocycles. The summed E-state index contributed by atoms with van der Waals surface area (Å²) in [5.41, 5.74) is -0.0293. The number of nitrogens with zero attached hydrogens (tertiary/aromatic N) is 2. The average Bonchev–Trinajstić information content (AvgIpc) is 3.24. The number of hydrogen-bond donors (Lipinski definition) is 0. The molecule has 140 valence electrons. The number of Topliss-reactive ketones (excluding diaryl/α,β-unsaturated/α-hetero) is 1. The number of thiophene rings is 1. The van der Waals surface area contributed by atoms with Crippen molar-refractivity contribution in [1.82, 2.24) is 9.80 Å². The predicted octanol–water partition coefficient (Wildman–Crippen LogP) is 2.11. The van der Waals surface area contributed by atoms with Crippen molar-refractivity contribution >= 4 is 35.0 Å². The molecule has 2 heterocycles. The van der Waals surface area contributed by atoms with Crippen molar-refractivity contribution in [3.8, 4) is 5.75 Å². The summed E-state index contributed by atoms with van der Waals surface area (Å²) >= 11 is 1.47. The van der Waals surface area contributed by atoms with Gasteiger partial charge in [-0.1, -0.05) is 6.07 Å². The molecule has 1 aliphatic heterocycles. The second-order valence-corrected chi connectivity index (χ2v) is 6.76. The second-order valence-electron chi connectivity index (χ2n) is 5.73. The first-order valence-electron chi connectivity index (χ1n) is 7.99. The molecule has 0 spiro atoms. The van der Waals surface area contributed by atoms with Crippen LogP contribution in [0.4, 0.5) is 9.18 Å². The first kappa shape index (κ1) is 18.7. The molecule has 9 heteroatoms. The minimum Gasteiger partial charge on any atom is -0.494 e. The van der Waals surface area contributed by atoms with Crippen LogP contribution in [-0.4, -0.2) is 53.6 Å². The minimum atomic E-state index is -1.06. The first-order chi connectivity index (χ1) is 12.9. The summed E-state index contributed by atoms with van der Waals surface area (Å²) in [7, 11) is 1.29. The fraction of sp³-hybridized carbons (Fsp3) is 0.222. The molecule has 0 atom stereocenters. The highest BCUT2D eigenvalue weighted by Gasteiger charge is 2.44. The third kappa shape index (κ3) is 3.72. The van der Waals surface area contributed by atoms with Crippen LogP contribution in [0.1, 0.15) is 15.2 Å². The van der Waals surface area contributed by atoms with Gasteiger partial charge in [-0.2, -0.15) is 0 Å². The Labute approximate surface area is 157 Å². The summed E-state index contributed by atoms with van der Waals surface area (Å²) < 4.78 is 18.5. The Morgan fingerprint density at radius 1 is 1.15 bits per heavy atom. The Kier molecular flexibility index (Phi) is 5.31. The highest BCUT2D eigenvalue weighted by atomic mass is 32.1. The van der Waals surface area contributed by atoms with Gasteiger partial charge in [-0.25, -0.2) is 14.1 Å². The van der Waals surface area contributed by atoms with Crippen LogP contribution in [0.3, 0.4) is 0 Å². The normalized spacial score (nSPS) is 14.2. The molecular formula is C18H15FN2O5S. The lowest BCUT2D eigenvalue weighted by Crippen LogP contribution is -2.37. The number of halogens is 1. The zero-order chi connectivity index (χ0) is 19.6. The first-order valence-corrected chi connectivity index (χ1v) is 8.86. The minimum absolute atomic E-state index is 0.0293. The molecule has 0 radical (unpaired) electrons. The molecule has 3 rings (SSSR count). The number of rotatable bonds is 7. The van der Waals surface area contributed by atoms with Gasteiger partial charge in [0.1, 0.15) is 0 Å². The molecule has 27 heavy (non-hydrogen) atoms. The molecule has 0 aliphatic carbocycles. The predicted molar refractivity (Wildman–Crippen MR) is 94.1 cm³/mol. The zero-order valence-electron chi connectivity index (χ0n) is 14.3. The fourth-order valence-corrected chi connectivity index (χ4v) is 3.34. The molecule has 4 amide bonds. The van der Waals surface area contributed by atoms with Crippen LogP contribution in [0, 0.1) is 5.82 Å². The molecule has 1 saturated heterocycles. The molecular weight excluding hydrogens is 375 g/mol. The number of hydrogen-bond acceptors (Lipinski definition) is 6. The molecule has 1 fully saturated rings. The summed E-state index contributed by atoms with van der Waals surface area (Å²) in [6, 6.07) is 6.42. The van der Waals surface area contributed by atoms with Gasteiger partial charge in [0.15, 0.2) is 17.3 Å². The van der Waals surface area contributed by atoms with E-state index in [0.29, 0.717) is 11.3 Å². The van der Waals surface area contributed by atoms with E-state index >= 15 is 0 Å². The monoisotopic (exact) mass is 390 g/mol. The molecule has 2 aromatic rings. The molecule has 0 bridgehead atoms. The molecule has 1 aromatic carbocycles. The number of ether oxygens (including phenoxy) is 1. The van der Waals surface area contributed by atoms with E-state index in [-0.39, 0.29) is 17.9 Å². The number of methoxy groups -OCH3 is 1. The smallest absolute Gasteiger partial charge is 0.334 e. The van der Waals surface area contributed by atoms with Gasteiger partial charge < -0.3 is 4.74 Å². The Bertz CT molecular complexity index is 912. The Morgan fingerprint density at radius 3 is 2.52 bits per heavy atom. The Hall–Kier alpha value is -3.07. The topological polar surface area (TPSA) is 84.0 Å². The van der Waals surface area contributed by atoms with Gasteiger partial charge in [0.25, 0.3) is 0 Å². The SMILES string of the molecule is COc1ccc(C(=O)CN2C(=O)C(=O)N(CCc3cccs3)C2=O)cc1F. The van der Waals surface area contributed by atoms with Gasteiger partial charge in [-0.15, -0.1) is 11.3 Å². The van der Waals surface area contributed by atoms with E-state index in [0.717, 1.165) is 15.8 Å². The van der Waals surface area contributed by atoms with Crippen molar-refractivity contribution < 1.29 is 28.3 Å². The van der Waals surface area contributed by atoms with E-state index in [1.54, 1.807) is 0 Å². The van der Waals surface area contributed by atoms with E-state index in [4.69, 9.17) is 4.74 Å². The van der Waals surface area contributed by atoms with Crippen LogP contribution < -0.4 is 4.74 Å². The summed E-state index contributed by atoms with van der Waals surface area (Å²) in [4.78, 5) is 51.2. The van der Waals surface area contributed by atoms with Crippen LogP contribution in [0.5, 0.6) is 5.75 Å². The quantitative estimate of drug-likeness (QED) is 0.411. The van der Waals surface area contributed by atoms with Gasteiger partial charge in [-0.3, -0.25) is 19.3 Å². The lowest BCUT2D eigenvalue weighted by Gasteiger charge is -2.14. The fourth-order valence-electron chi connectivity index (χ4n) is 2.64. The van der Waals surface area contributed by atoms with Gasteiger partial charge in [-0.05, 0) is 29.6 Å². The standard InChI is InChI=1S/C18H15FN2O5S/c1-26-15-5-4-11(9-13(15)19)14(22)10-21-17(24)16(23)20(18(21)25)7-6-12-3-2-8-27-12/h2-5,8-9H,6-7,10H2,1H3. The van der Waals surface area contributed by atoms with Gasteiger partial charge >= 0.3 is 17.8 Å². The van der Waals surface area contributed by atoms with Crippen LogP contribution in [0.25, 0.3) is 0 Å². The van der Waals surface area contributed by atoms with Crippen LogP contribution >= 0.6 is 11.3 Å². The highest BCUT2D eigenvalue weighted by Crippen LogP contribution is 2.20. The van der Waals surface area contributed by atoms with Crippen molar-refractivity contribution in [3.63, 3.8) is 0 Å². The molecule has 7 nitrogen and oxygen atoms in total. The third-order valence-corrected chi connectivity index (χ3v) is 5.01. The van der Waals surface area contributed by atoms with Gasteiger partial charge in [0, 0.05) is 23.4 Å². The third-order valence-electron chi connectivity index (χ3n) is 4.07. The number of carbonyl (C=O) groups excluding carboxylic acids is 4. The zero-order valence-corrected chi connectivity index (χ0v) is 15.1. The highest BCUT2D eigenvalue weighted by molar-refractivity contribution is 7.09. The number of amides is 4. The van der Waals surface area contributed by atoms with E-state index in [1.807, 2.05) is 17.5 Å². The summed E-state index contributed by atoms with van der Waals surface area (Å²) in [5, 5.41) is 1.87. The average molecular weight is 390 g/mol. The van der Waals surface area contributed by atoms with E-state index in [2.05, 4.69) is 0 Å². The Balaban J connectivity index is 1.69. The van der Waals surface area contributed by atoms with E-state index in [1.165, 1.54) is 30.6 Å². The van der Waals surface area contributed by atoms with E-state index in [9.17, 15) is 23.6 Å². The molecule has 0 saturated carbocycles. The number of benzene rings is 1. The molecule has 0 N–H and O–H groups in total. The van der Waals surface area contributed by atoms with Crippen molar-refractivity contribution in [1.29, 1.82) is 0 Å². The van der Waals surface area contributed by atoms with Crippen molar-refractivity contribution in [3.05, 3.63) is 52.0 Å². The van der Waals surface area contributed by atoms with Crippen molar-refractivity contribution in [2.75, 3.05) is 20.2 Å². The summed E-state index contributed by atoms with van der Waals surface area (Å²) in [5.74, 6) is -3.46. The maximum atomic E-state index is 13.8. The van der Waals surface area contributed by atoms with Crippen molar-refractivity contribution in [2.45, 2.75) is 6.42 Å². The molecule has 1 aliphatic rings. The Morgan fingerprint density at radius 2 is 1.89 bits per heavy atom. The van der Waals surface area contributed by atoms with Gasteiger partial charge in [0.2, 0.25) is 0 Å². The lowest BCUT2D eigenvalue weighted by atomic mass is 10.1. The van der Waals surface area contributed by atoms with Crippen LogP contribution in [-0.2, 0) is 16.0 Å². The van der Waals surface area contributed by atoms with Gasteiger partial charge in [0.05, 0.1) is 13.7 Å². The van der Waals surface area contributed by atoms with Crippen LogP contribution in [0.15, 0.2) is 35.7 Å². The summed E-state index contributed by atoms with van der Waals surface area (Å²) in [6.07, 6.45) is 0.425. The number of imide groups is 2. The maximum Gasteiger partial charge on any atom is 0.334 e. The summed E-state index contributed by atoms with van der Waals surface area (Å²) in [6.45, 7) is -0.587. The van der Waals surface area contributed by atoms with E-state index < -0.39 is 36.0 Å². The van der Waals surface area contributed by atoms with Crippen molar-refractivity contribution in [2.24, 2.45) is 0 Å². The maximum absolute atomic E-state index is 13.8. The molecule has 0 unspecified atom stereocenters.